The standard InChI is InChI=1S/C27H25N7O2/c1-4-20-6-7-21(13-29-20)32-22-14-33(15-22)25-8-5-18(11-30-25)24-9-23(36-17-27(2,3)35)16-34-26(24)19(10-28)12-31-34/h1,5-9,11-13,16,22,32,35H,14-15,17H2,2-3H3. The number of hydrogen-bond donors (Lipinski definition) is 2. The number of aliphatic hydroxyl groups is 1. The van der Waals surface area contributed by atoms with Crippen molar-refractivity contribution in [1.82, 2.24) is 19.6 Å². The summed E-state index contributed by atoms with van der Waals surface area (Å²) in [5.74, 6) is 3.93. The molecule has 1 fully saturated rings. The summed E-state index contributed by atoms with van der Waals surface area (Å²) in [7, 11) is 0. The maximum absolute atomic E-state index is 10.0. The Morgan fingerprint density at radius 2 is 2.03 bits per heavy atom. The average Bonchev–Trinajstić information content (AvgIpc) is 3.27. The highest BCUT2D eigenvalue weighted by molar-refractivity contribution is 5.85. The molecule has 9 nitrogen and oxygen atoms in total. The molecular formula is C27H25N7O2. The van der Waals surface area contributed by atoms with E-state index in [9.17, 15) is 10.4 Å². The van der Waals surface area contributed by atoms with E-state index in [1.807, 2.05) is 30.3 Å². The fourth-order valence-corrected chi connectivity index (χ4v) is 4.03. The molecule has 9 heteroatoms. The topological polar surface area (TPSA) is 112 Å². The molecule has 1 aliphatic heterocycles. The fraction of sp³-hybridized carbons (Fsp3) is 0.259. The Hall–Kier alpha value is -4.60. The van der Waals surface area contributed by atoms with E-state index in [1.54, 1.807) is 37.0 Å². The number of pyridine rings is 3. The molecule has 5 rings (SSSR count). The van der Waals surface area contributed by atoms with Gasteiger partial charge in [-0.2, -0.15) is 10.4 Å². The van der Waals surface area contributed by atoms with E-state index < -0.39 is 5.60 Å². The molecule has 36 heavy (non-hydrogen) atoms. The van der Waals surface area contributed by atoms with Crippen LogP contribution in [0.1, 0.15) is 25.1 Å². The maximum atomic E-state index is 10.0. The molecular weight excluding hydrogens is 454 g/mol. The zero-order valence-corrected chi connectivity index (χ0v) is 20.0. The van der Waals surface area contributed by atoms with Gasteiger partial charge in [-0.25, -0.2) is 14.5 Å². The molecule has 0 radical (unpaired) electrons. The van der Waals surface area contributed by atoms with Crippen molar-refractivity contribution in [2.75, 3.05) is 29.9 Å². The number of nitrogens with zero attached hydrogens (tertiary/aromatic N) is 6. The van der Waals surface area contributed by atoms with Gasteiger partial charge in [0, 0.05) is 30.4 Å². The number of ether oxygens (including phenoxy) is 1. The van der Waals surface area contributed by atoms with Crippen molar-refractivity contribution in [1.29, 1.82) is 5.26 Å². The Bertz CT molecular complexity index is 1470. The number of anilines is 2. The van der Waals surface area contributed by atoms with Crippen LogP contribution in [0.4, 0.5) is 11.5 Å². The van der Waals surface area contributed by atoms with Gasteiger partial charge in [-0.3, -0.25) is 0 Å². The van der Waals surface area contributed by atoms with E-state index >= 15 is 0 Å². The van der Waals surface area contributed by atoms with E-state index in [0.29, 0.717) is 28.6 Å². The Labute approximate surface area is 209 Å². The van der Waals surface area contributed by atoms with Crippen molar-refractivity contribution in [3.63, 3.8) is 0 Å². The Morgan fingerprint density at radius 3 is 2.67 bits per heavy atom. The molecule has 1 saturated heterocycles. The zero-order chi connectivity index (χ0) is 25.3. The number of fused-ring (bicyclic) bond motifs is 1. The first-order valence-corrected chi connectivity index (χ1v) is 11.5. The Morgan fingerprint density at radius 1 is 1.19 bits per heavy atom. The second kappa shape index (κ2) is 9.21. The third-order valence-corrected chi connectivity index (χ3v) is 5.85. The number of hydrogen-bond acceptors (Lipinski definition) is 8. The van der Waals surface area contributed by atoms with Gasteiger partial charge >= 0.3 is 0 Å². The molecule has 0 atom stereocenters. The molecule has 4 aromatic heterocycles. The molecule has 0 aromatic carbocycles. The summed E-state index contributed by atoms with van der Waals surface area (Å²) in [5.41, 5.74) is 3.33. The minimum absolute atomic E-state index is 0.121. The first kappa shape index (κ1) is 23.2. The van der Waals surface area contributed by atoms with Gasteiger partial charge in [-0.15, -0.1) is 6.42 Å². The Balaban J connectivity index is 1.32. The van der Waals surface area contributed by atoms with E-state index in [2.05, 4.69) is 37.3 Å². The third-order valence-electron chi connectivity index (χ3n) is 5.85. The smallest absolute Gasteiger partial charge is 0.138 e. The molecule has 0 bridgehead atoms. The highest BCUT2D eigenvalue weighted by Gasteiger charge is 2.28. The second-order valence-electron chi connectivity index (χ2n) is 9.38. The van der Waals surface area contributed by atoms with Gasteiger partial charge in [-0.1, -0.05) is 5.92 Å². The predicted octanol–water partition coefficient (Wildman–Crippen LogP) is 3.09. The van der Waals surface area contributed by atoms with E-state index in [0.717, 1.165) is 35.7 Å². The summed E-state index contributed by atoms with van der Waals surface area (Å²) < 4.78 is 7.43. The highest BCUT2D eigenvalue weighted by atomic mass is 16.5. The molecule has 180 valence electrons. The van der Waals surface area contributed by atoms with E-state index in [4.69, 9.17) is 11.2 Å². The molecule has 0 spiro atoms. The number of aromatic nitrogens is 4. The summed E-state index contributed by atoms with van der Waals surface area (Å²) in [6.07, 6.45) is 12.1. The van der Waals surface area contributed by atoms with Crippen molar-refractivity contribution >= 4 is 17.0 Å². The third kappa shape index (κ3) is 4.78. The molecule has 4 aromatic rings. The first-order chi connectivity index (χ1) is 17.3. The van der Waals surface area contributed by atoms with Crippen molar-refractivity contribution < 1.29 is 9.84 Å². The lowest BCUT2D eigenvalue weighted by molar-refractivity contribution is 0.0283. The van der Waals surface area contributed by atoms with Gasteiger partial charge in [0.2, 0.25) is 0 Å². The van der Waals surface area contributed by atoms with Gasteiger partial charge in [0.1, 0.15) is 29.9 Å². The van der Waals surface area contributed by atoms with Crippen LogP contribution < -0.4 is 15.0 Å². The van der Waals surface area contributed by atoms with Gasteiger partial charge < -0.3 is 20.1 Å². The minimum Gasteiger partial charge on any atom is -0.489 e. The van der Waals surface area contributed by atoms with Gasteiger partial charge in [-0.05, 0) is 44.2 Å². The van der Waals surface area contributed by atoms with Crippen LogP contribution in [0.15, 0.2) is 55.1 Å². The van der Waals surface area contributed by atoms with Crippen LogP contribution in [-0.2, 0) is 0 Å². The van der Waals surface area contributed by atoms with E-state index in [1.165, 1.54) is 6.20 Å². The Kier molecular flexibility index (Phi) is 5.93. The molecule has 0 unspecified atom stereocenters. The predicted molar refractivity (Wildman–Crippen MR) is 137 cm³/mol. The lowest BCUT2D eigenvalue weighted by atomic mass is 10.0. The van der Waals surface area contributed by atoms with Crippen LogP contribution in [0.5, 0.6) is 5.75 Å². The minimum atomic E-state index is -0.980. The van der Waals surface area contributed by atoms with Gasteiger partial charge in [0.15, 0.2) is 0 Å². The first-order valence-electron chi connectivity index (χ1n) is 11.5. The summed E-state index contributed by atoms with van der Waals surface area (Å²) in [4.78, 5) is 11.1. The van der Waals surface area contributed by atoms with Crippen molar-refractivity contribution in [3.05, 3.63) is 66.4 Å². The number of nitrogens with one attached hydrogen (secondary N) is 1. The van der Waals surface area contributed by atoms with Crippen LogP contribution in [0, 0.1) is 23.7 Å². The summed E-state index contributed by atoms with van der Waals surface area (Å²) in [5, 5.41) is 27.4. The molecule has 5 heterocycles. The number of nitriles is 1. The largest absolute Gasteiger partial charge is 0.489 e. The van der Waals surface area contributed by atoms with Crippen molar-refractivity contribution in [2.24, 2.45) is 0 Å². The average molecular weight is 480 g/mol. The molecule has 2 N–H and O–H groups in total. The van der Waals surface area contributed by atoms with E-state index in [-0.39, 0.29) is 6.61 Å². The maximum Gasteiger partial charge on any atom is 0.138 e. The van der Waals surface area contributed by atoms with Crippen molar-refractivity contribution in [2.45, 2.75) is 25.5 Å². The van der Waals surface area contributed by atoms with Crippen LogP contribution in [0.25, 0.3) is 16.6 Å². The van der Waals surface area contributed by atoms with Crippen LogP contribution in [-0.4, -0.2) is 56.0 Å². The van der Waals surface area contributed by atoms with Gasteiger partial charge in [0.25, 0.3) is 0 Å². The number of terminal acetylenes is 1. The zero-order valence-electron chi connectivity index (χ0n) is 20.0. The summed E-state index contributed by atoms with van der Waals surface area (Å²) >= 11 is 0. The second-order valence-corrected chi connectivity index (χ2v) is 9.38. The molecule has 0 saturated carbocycles. The van der Waals surface area contributed by atoms with Gasteiger partial charge in [0.05, 0.1) is 47.0 Å². The van der Waals surface area contributed by atoms with Crippen LogP contribution in [0.3, 0.4) is 0 Å². The van der Waals surface area contributed by atoms with Crippen molar-refractivity contribution in [3.8, 4) is 35.3 Å². The lowest BCUT2D eigenvalue weighted by Gasteiger charge is -2.40. The molecule has 0 aliphatic carbocycles. The highest BCUT2D eigenvalue weighted by Crippen LogP contribution is 2.32. The SMILES string of the molecule is C#Cc1ccc(NC2CN(c3ccc(-c4cc(OCC(C)(C)O)cn5ncc(C#N)c45)cn3)C2)cn1. The number of rotatable bonds is 7. The molecule has 1 aliphatic rings. The summed E-state index contributed by atoms with van der Waals surface area (Å²) in [6, 6.07) is 12.0. The lowest BCUT2D eigenvalue weighted by Crippen LogP contribution is -2.55. The fourth-order valence-electron chi connectivity index (χ4n) is 4.03. The summed E-state index contributed by atoms with van der Waals surface area (Å²) in [6.45, 7) is 5.11. The normalized spacial score (nSPS) is 13.6. The quantitative estimate of drug-likeness (QED) is 0.389. The monoisotopic (exact) mass is 479 g/mol. The molecule has 0 amide bonds. The van der Waals surface area contributed by atoms with Crippen LogP contribution in [0.2, 0.25) is 0 Å². The van der Waals surface area contributed by atoms with Crippen LogP contribution >= 0.6 is 0 Å².